The van der Waals surface area contributed by atoms with Gasteiger partial charge in [0.15, 0.2) is 0 Å². The average molecular weight is 336 g/mol. The fraction of sp³-hybridized carbons (Fsp3) is 0.182. The van der Waals surface area contributed by atoms with Gasteiger partial charge in [0.25, 0.3) is 0 Å². The normalized spacial score (nSPS) is 18.7. The molecule has 1 aliphatic carbocycles. The maximum absolute atomic E-state index is 3.75. The first kappa shape index (κ1) is 16.8. The molecule has 0 saturated carbocycles. The summed E-state index contributed by atoms with van der Waals surface area (Å²) in [6.07, 6.45) is 1.14. The van der Waals surface area contributed by atoms with Crippen LogP contribution in [0.15, 0.2) is 84.9 Å². The highest BCUT2D eigenvalue weighted by Gasteiger charge is 2.31. The molecule has 3 aromatic rings. The van der Waals surface area contributed by atoms with Crippen LogP contribution in [0.25, 0.3) is 0 Å². The Morgan fingerprint density at radius 1 is 0.708 bits per heavy atom. The van der Waals surface area contributed by atoms with Gasteiger partial charge in [-0.15, -0.1) is 12.4 Å². The number of hydrogen-bond acceptors (Lipinski definition) is 1. The highest BCUT2D eigenvalue weighted by atomic mass is 35.5. The molecule has 0 fully saturated rings. The number of rotatable bonds is 4. The van der Waals surface area contributed by atoms with Crippen LogP contribution in [0.5, 0.6) is 0 Å². The van der Waals surface area contributed by atoms with E-state index in [9.17, 15) is 0 Å². The third-order valence-corrected chi connectivity index (χ3v) is 4.82. The zero-order valence-corrected chi connectivity index (χ0v) is 14.4. The van der Waals surface area contributed by atoms with Gasteiger partial charge in [-0.2, -0.15) is 0 Å². The standard InChI is InChI=1S/C22H21N.ClH/c1-3-9-17(10-4-1)16-23-22-15-21(18-11-5-2-6-12-18)19-13-7-8-14-20(19)22;/h1-14,21-23H,15-16H2;1H. The van der Waals surface area contributed by atoms with Crippen LogP contribution in [0.2, 0.25) is 0 Å². The maximum Gasteiger partial charge on any atom is 0.0335 e. The predicted molar refractivity (Wildman–Crippen MR) is 103 cm³/mol. The van der Waals surface area contributed by atoms with E-state index in [1.165, 1.54) is 22.3 Å². The van der Waals surface area contributed by atoms with Crippen LogP contribution in [0.3, 0.4) is 0 Å². The molecule has 0 saturated heterocycles. The van der Waals surface area contributed by atoms with E-state index in [4.69, 9.17) is 0 Å². The molecule has 0 heterocycles. The van der Waals surface area contributed by atoms with Crippen molar-refractivity contribution >= 4 is 12.4 Å². The fourth-order valence-electron chi connectivity index (χ4n) is 3.67. The molecule has 122 valence electrons. The molecular weight excluding hydrogens is 314 g/mol. The summed E-state index contributed by atoms with van der Waals surface area (Å²) < 4.78 is 0. The zero-order chi connectivity index (χ0) is 15.5. The van der Waals surface area contributed by atoms with Crippen LogP contribution in [0.4, 0.5) is 0 Å². The summed E-state index contributed by atoms with van der Waals surface area (Å²) in [5.74, 6) is 0.501. The minimum Gasteiger partial charge on any atom is -0.306 e. The quantitative estimate of drug-likeness (QED) is 0.666. The molecular formula is C22H22ClN. The molecule has 1 N–H and O–H groups in total. The van der Waals surface area contributed by atoms with E-state index in [0.717, 1.165) is 13.0 Å². The highest BCUT2D eigenvalue weighted by molar-refractivity contribution is 5.85. The van der Waals surface area contributed by atoms with Gasteiger partial charge in [0.2, 0.25) is 0 Å². The molecule has 2 unspecified atom stereocenters. The SMILES string of the molecule is Cl.c1ccc(CNC2CC(c3ccccc3)c3ccccc32)cc1. The molecule has 1 aliphatic rings. The third kappa shape index (κ3) is 3.38. The number of fused-ring (bicyclic) bond motifs is 1. The van der Waals surface area contributed by atoms with Crippen LogP contribution in [0.1, 0.15) is 40.6 Å². The van der Waals surface area contributed by atoms with E-state index in [0.29, 0.717) is 12.0 Å². The lowest BCUT2D eigenvalue weighted by molar-refractivity contribution is 0.513. The van der Waals surface area contributed by atoms with E-state index in [1.54, 1.807) is 0 Å². The summed E-state index contributed by atoms with van der Waals surface area (Å²) >= 11 is 0. The Bertz CT molecular complexity index is 770. The van der Waals surface area contributed by atoms with Crippen LogP contribution >= 0.6 is 12.4 Å². The second-order valence-corrected chi connectivity index (χ2v) is 6.25. The summed E-state index contributed by atoms with van der Waals surface area (Å²) in [6.45, 7) is 0.918. The van der Waals surface area contributed by atoms with Gasteiger partial charge < -0.3 is 5.32 Å². The summed E-state index contributed by atoms with van der Waals surface area (Å²) in [5, 5.41) is 3.75. The fourth-order valence-corrected chi connectivity index (χ4v) is 3.67. The first-order valence-electron chi connectivity index (χ1n) is 8.33. The van der Waals surface area contributed by atoms with E-state index in [1.807, 2.05) is 0 Å². The maximum atomic E-state index is 3.75. The largest absolute Gasteiger partial charge is 0.306 e. The lowest BCUT2D eigenvalue weighted by Crippen LogP contribution is -2.18. The molecule has 4 rings (SSSR count). The van der Waals surface area contributed by atoms with Crippen molar-refractivity contribution in [2.45, 2.75) is 24.9 Å². The molecule has 2 atom stereocenters. The molecule has 3 aromatic carbocycles. The zero-order valence-electron chi connectivity index (χ0n) is 13.6. The van der Waals surface area contributed by atoms with Crippen molar-refractivity contribution in [1.29, 1.82) is 0 Å². The third-order valence-electron chi connectivity index (χ3n) is 4.82. The van der Waals surface area contributed by atoms with Crippen molar-refractivity contribution in [3.8, 4) is 0 Å². The number of halogens is 1. The second-order valence-electron chi connectivity index (χ2n) is 6.25. The van der Waals surface area contributed by atoms with Crippen LogP contribution in [-0.4, -0.2) is 0 Å². The van der Waals surface area contributed by atoms with E-state index >= 15 is 0 Å². The molecule has 1 nitrogen and oxygen atoms in total. The van der Waals surface area contributed by atoms with Crippen LogP contribution < -0.4 is 5.32 Å². The first-order valence-corrected chi connectivity index (χ1v) is 8.33. The van der Waals surface area contributed by atoms with Gasteiger partial charge >= 0.3 is 0 Å². The van der Waals surface area contributed by atoms with Crippen molar-refractivity contribution in [3.63, 3.8) is 0 Å². The van der Waals surface area contributed by atoms with E-state index < -0.39 is 0 Å². The average Bonchev–Trinajstić information content (AvgIpc) is 3.01. The Morgan fingerprint density at radius 3 is 2.00 bits per heavy atom. The predicted octanol–water partition coefficient (Wildman–Crippen LogP) is 5.47. The molecule has 0 aliphatic heterocycles. The van der Waals surface area contributed by atoms with Gasteiger partial charge in [0, 0.05) is 18.5 Å². The van der Waals surface area contributed by atoms with Gasteiger partial charge in [-0.1, -0.05) is 84.9 Å². The Kier molecular flexibility index (Phi) is 5.34. The van der Waals surface area contributed by atoms with Crippen molar-refractivity contribution in [2.75, 3.05) is 0 Å². The summed E-state index contributed by atoms with van der Waals surface area (Å²) in [7, 11) is 0. The van der Waals surface area contributed by atoms with E-state index in [-0.39, 0.29) is 12.4 Å². The molecule has 24 heavy (non-hydrogen) atoms. The summed E-state index contributed by atoms with van der Waals surface area (Å²) in [6, 6.07) is 30.8. The van der Waals surface area contributed by atoms with Crippen molar-refractivity contribution in [3.05, 3.63) is 107 Å². The Hall–Kier alpha value is -2.09. The smallest absolute Gasteiger partial charge is 0.0335 e. The highest BCUT2D eigenvalue weighted by Crippen LogP contribution is 2.43. The van der Waals surface area contributed by atoms with Gasteiger partial charge in [0.1, 0.15) is 0 Å². The first-order chi connectivity index (χ1) is 11.4. The van der Waals surface area contributed by atoms with Crippen molar-refractivity contribution in [1.82, 2.24) is 5.32 Å². The minimum atomic E-state index is 0. The van der Waals surface area contributed by atoms with Gasteiger partial charge in [-0.05, 0) is 28.7 Å². The minimum absolute atomic E-state index is 0. The molecule has 0 aromatic heterocycles. The van der Waals surface area contributed by atoms with E-state index in [2.05, 4.69) is 90.2 Å². The van der Waals surface area contributed by atoms with Crippen LogP contribution in [-0.2, 0) is 6.54 Å². The van der Waals surface area contributed by atoms with Crippen LogP contribution in [0, 0.1) is 0 Å². The topological polar surface area (TPSA) is 12.0 Å². The molecule has 0 spiro atoms. The molecule has 0 amide bonds. The Balaban J connectivity index is 0.00000169. The lowest BCUT2D eigenvalue weighted by atomic mass is 9.93. The molecule has 0 bridgehead atoms. The van der Waals surface area contributed by atoms with Crippen molar-refractivity contribution in [2.24, 2.45) is 0 Å². The van der Waals surface area contributed by atoms with Gasteiger partial charge in [0.05, 0.1) is 0 Å². The van der Waals surface area contributed by atoms with Gasteiger partial charge in [-0.25, -0.2) is 0 Å². The second kappa shape index (κ2) is 7.65. The molecule has 2 heteroatoms. The van der Waals surface area contributed by atoms with Crippen molar-refractivity contribution < 1.29 is 0 Å². The lowest BCUT2D eigenvalue weighted by Gasteiger charge is -2.15. The number of nitrogens with one attached hydrogen (secondary N) is 1. The summed E-state index contributed by atoms with van der Waals surface area (Å²) in [5.41, 5.74) is 5.69. The Labute approximate surface area is 150 Å². The molecule has 0 radical (unpaired) electrons. The monoisotopic (exact) mass is 335 g/mol. The number of benzene rings is 3. The Morgan fingerprint density at radius 2 is 1.29 bits per heavy atom. The van der Waals surface area contributed by atoms with Gasteiger partial charge in [-0.3, -0.25) is 0 Å². The number of hydrogen-bond donors (Lipinski definition) is 1. The summed E-state index contributed by atoms with van der Waals surface area (Å²) in [4.78, 5) is 0.